The average Bonchev–Trinajstić information content (AvgIpc) is 2.57. The SMILES string of the molecule is CC(C)Oc1ccc(NC(=O)Cc2c(F)c(F)c(C(F)(F)F)c(F)c2F)cc1. The lowest BCUT2D eigenvalue weighted by molar-refractivity contribution is -0.143. The van der Waals surface area contributed by atoms with E-state index in [2.05, 4.69) is 5.32 Å². The van der Waals surface area contributed by atoms with Crippen LogP contribution in [0.4, 0.5) is 36.4 Å². The largest absolute Gasteiger partial charge is 0.491 e. The van der Waals surface area contributed by atoms with E-state index >= 15 is 0 Å². The quantitative estimate of drug-likeness (QED) is 0.543. The maximum Gasteiger partial charge on any atom is 0.422 e. The van der Waals surface area contributed by atoms with E-state index in [0.717, 1.165) is 0 Å². The molecular formula is C18H14F7NO2. The summed E-state index contributed by atoms with van der Waals surface area (Å²) in [7, 11) is 0. The van der Waals surface area contributed by atoms with Crippen LogP contribution in [-0.2, 0) is 17.4 Å². The molecular weight excluding hydrogens is 395 g/mol. The summed E-state index contributed by atoms with van der Waals surface area (Å²) < 4.78 is 97.9. The van der Waals surface area contributed by atoms with Crippen molar-refractivity contribution < 1.29 is 40.3 Å². The lowest BCUT2D eigenvalue weighted by atomic mass is 10.0. The van der Waals surface area contributed by atoms with Gasteiger partial charge in [0, 0.05) is 11.3 Å². The molecule has 1 amide bonds. The summed E-state index contributed by atoms with van der Waals surface area (Å²) in [6, 6.07) is 5.79. The Morgan fingerprint density at radius 2 is 1.46 bits per heavy atom. The van der Waals surface area contributed by atoms with Crippen molar-refractivity contribution in [3.8, 4) is 5.75 Å². The standard InChI is InChI=1S/C18H14F7NO2/c1-8(2)28-10-5-3-9(4-6-10)26-12(27)7-11-14(19)16(21)13(18(23,24)25)17(22)15(11)20/h3-6,8H,7H2,1-2H3,(H,26,27). The van der Waals surface area contributed by atoms with E-state index in [1.165, 1.54) is 24.3 Å². The van der Waals surface area contributed by atoms with Crippen molar-refractivity contribution >= 4 is 11.6 Å². The van der Waals surface area contributed by atoms with Crippen molar-refractivity contribution in [1.82, 2.24) is 0 Å². The molecule has 0 aliphatic rings. The summed E-state index contributed by atoms with van der Waals surface area (Å²) in [5.74, 6) is -10.4. The number of anilines is 1. The number of amides is 1. The predicted octanol–water partition coefficient (Wildman–Crippen LogP) is 5.23. The van der Waals surface area contributed by atoms with E-state index in [4.69, 9.17) is 4.74 Å². The highest BCUT2D eigenvalue weighted by Crippen LogP contribution is 2.37. The number of alkyl halides is 3. The molecule has 3 nitrogen and oxygen atoms in total. The molecule has 1 N–H and O–H groups in total. The van der Waals surface area contributed by atoms with Gasteiger partial charge in [-0.2, -0.15) is 13.2 Å². The maximum atomic E-state index is 13.8. The molecule has 0 saturated carbocycles. The Labute approximate surface area is 155 Å². The fourth-order valence-electron chi connectivity index (χ4n) is 2.34. The summed E-state index contributed by atoms with van der Waals surface area (Å²) in [5.41, 5.74) is -3.96. The van der Waals surface area contributed by atoms with Gasteiger partial charge in [0.1, 0.15) is 11.3 Å². The van der Waals surface area contributed by atoms with E-state index in [1.807, 2.05) is 0 Å². The Hall–Kier alpha value is -2.78. The van der Waals surface area contributed by atoms with Gasteiger partial charge in [-0.1, -0.05) is 0 Å². The van der Waals surface area contributed by atoms with Gasteiger partial charge in [-0.25, -0.2) is 17.6 Å². The van der Waals surface area contributed by atoms with Crippen LogP contribution in [0.25, 0.3) is 0 Å². The molecule has 0 aliphatic heterocycles. The van der Waals surface area contributed by atoms with E-state index in [0.29, 0.717) is 5.75 Å². The molecule has 2 aromatic carbocycles. The topological polar surface area (TPSA) is 38.3 Å². The predicted molar refractivity (Wildman–Crippen MR) is 85.8 cm³/mol. The Kier molecular flexibility index (Phi) is 6.20. The molecule has 2 rings (SSSR count). The summed E-state index contributed by atoms with van der Waals surface area (Å²) in [5, 5.41) is 2.21. The number of ether oxygens (including phenoxy) is 1. The van der Waals surface area contributed by atoms with Crippen LogP contribution in [0.15, 0.2) is 24.3 Å². The lowest BCUT2D eigenvalue weighted by Gasteiger charge is -2.14. The van der Waals surface area contributed by atoms with E-state index < -0.39 is 52.9 Å². The molecule has 28 heavy (non-hydrogen) atoms. The molecule has 0 radical (unpaired) electrons. The first-order valence-corrected chi connectivity index (χ1v) is 7.90. The van der Waals surface area contributed by atoms with Crippen LogP contribution in [0.5, 0.6) is 5.75 Å². The molecule has 2 aromatic rings. The van der Waals surface area contributed by atoms with Crippen molar-refractivity contribution in [1.29, 1.82) is 0 Å². The molecule has 0 saturated heterocycles. The molecule has 152 valence electrons. The van der Waals surface area contributed by atoms with Gasteiger partial charge in [0.05, 0.1) is 12.5 Å². The van der Waals surface area contributed by atoms with Crippen LogP contribution in [0.1, 0.15) is 25.0 Å². The number of rotatable bonds is 5. The third-order valence-electron chi connectivity index (χ3n) is 3.48. The van der Waals surface area contributed by atoms with Gasteiger partial charge in [-0.05, 0) is 38.1 Å². The molecule has 0 aliphatic carbocycles. The zero-order valence-corrected chi connectivity index (χ0v) is 14.6. The van der Waals surface area contributed by atoms with Gasteiger partial charge in [-0.15, -0.1) is 0 Å². The number of carbonyl (C=O) groups excluding carboxylic acids is 1. The third-order valence-corrected chi connectivity index (χ3v) is 3.48. The summed E-state index contributed by atoms with van der Waals surface area (Å²) in [6.07, 6.45) is -6.96. The van der Waals surface area contributed by atoms with Gasteiger partial charge in [0.2, 0.25) is 5.91 Å². The second-order valence-electron chi connectivity index (χ2n) is 6.02. The summed E-state index contributed by atoms with van der Waals surface area (Å²) >= 11 is 0. The number of nitrogens with one attached hydrogen (secondary N) is 1. The van der Waals surface area contributed by atoms with Crippen LogP contribution in [0.3, 0.4) is 0 Å². The molecule has 0 heterocycles. The average molecular weight is 409 g/mol. The molecule has 0 fully saturated rings. The fourth-order valence-corrected chi connectivity index (χ4v) is 2.34. The van der Waals surface area contributed by atoms with E-state index in [1.54, 1.807) is 13.8 Å². The molecule has 0 spiro atoms. The van der Waals surface area contributed by atoms with E-state index in [-0.39, 0.29) is 11.8 Å². The Morgan fingerprint density at radius 1 is 0.964 bits per heavy atom. The highest BCUT2D eigenvalue weighted by molar-refractivity contribution is 5.92. The van der Waals surface area contributed by atoms with Crippen LogP contribution in [0, 0.1) is 23.3 Å². The highest BCUT2D eigenvalue weighted by atomic mass is 19.4. The zero-order valence-electron chi connectivity index (χ0n) is 14.6. The molecule has 10 heteroatoms. The Morgan fingerprint density at radius 3 is 1.89 bits per heavy atom. The van der Waals surface area contributed by atoms with Crippen molar-refractivity contribution in [2.24, 2.45) is 0 Å². The molecule has 0 aromatic heterocycles. The number of hydrogen-bond donors (Lipinski definition) is 1. The number of carbonyl (C=O) groups is 1. The lowest BCUT2D eigenvalue weighted by Crippen LogP contribution is -2.21. The van der Waals surface area contributed by atoms with E-state index in [9.17, 15) is 35.5 Å². The van der Waals surface area contributed by atoms with Crippen molar-refractivity contribution in [2.45, 2.75) is 32.5 Å². The normalized spacial score (nSPS) is 11.6. The molecule has 0 atom stereocenters. The molecule has 0 bridgehead atoms. The smallest absolute Gasteiger partial charge is 0.422 e. The van der Waals surface area contributed by atoms with Crippen molar-refractivity contribution in [2.75, 3.05) is 5.32 Å². The van der Waals surface area contributed by atoms with Crippen LogP contribution in [-0.4, -0.2) is 12.0 Å². The summed E-state index contributed by atoms with van der Waals surface area (Å²) in [4.78, 5) is 11.9. The van der Waals surface area contributed by atoms with Gasteiger partial charge in [-0.3, -0.25) is 4.79 Å². The minimum atomic E-state index is -5.64. The third kappa shape index (κ3) is 4.73. The monoisotopic (exact) mass is 409 g/mol. The minimum absolute atomic E-state index is 0.101. The van der Waals surface area contributed by atoms with Crippen molar-refractivity contribution in [3.05, 3.63) is 58.7 Å². The maximum absolute atomic E-state index is 13.8. The van der Waals surface area contributed by atoms with Crippen molar-refractivity contribution in [3.63, 3.8) is 0 Å². The zero-order chi connectivity index (χ0) is 21.2. The molecule has 0 unspecified atom stereocenters. The number of benzene rings is 2. The summed E-state index contributed by atoms with van der Waals surface area (Å²) in [6.45, 7) is 3.59. The second-order valence-corrected chi connectivity index (χ2v) is 6.02. The van der Waals surface area contributed by atoms with Gasteiger partial charge >= 0.3 is 6.18 Å². The number of hydrogen-bond acceptors (Lipinski definition) is 2. The first-order chi connectivity index (χ1) is 12.9. The van der Waals surface area contributed by atoms with Crippen LogP contribution < -0.4 is 10.1 Å². The van der Waals surface area contributed by atoms with Gasteiger partial charge in [0.25, 0.3) is 0 Å². The van der Waals surface area contributed by atoms with Crippen LogP contribution in [0.2, 0.25) is 0 Å². The Bertz CT molecular complexity index is 848. The Balaban J connectivity index is 2.22. The highest BCUT2D eigenvalue weighted by Gasteiger charge is 2.42. The fraction of sp³-hybridized carbons (Fsp3) is 0.278. The second kappa shape index (κ2) is 8.07. The van der Waals surface area contributed by atoms with Gasteiger partial charge in [0.15, 0.2) is 23.3 Å². The van der Waals surface area contributed by atoms with Crippen LogP contribution >= 0.6 is 0 Å². The van der Waals surface area contributed by atoms with Gasteiger partial charge < -0.3 is 10.1 Å². The minimum Gasteiger partial charge on any atom is -0.491 e. The number of halogens is 7. The first kappa shape index (κ1) is 21.5. The first-order valence-electron chi connectivity index (χ1n) is 7.90.